The van der Waals surface area contributed by atoms with Crippen molar-refractivity contribution in [3.63, 3.8) is 0 Å². The maximum atomic E-state index is 13.1. The highest BCUT2D eigenvalue weighted by Gasteiger charge is 2.37. The van der Waals surface area contributed by atoms with Crippen LogP contribution in [0.1, 0.15) is 38.7 Å². The van der Waals surface area contributed by atoms with Crippen LogP contribution >= 0.6 is 11.6 Å². The molecule has 0 bridgehead atoms. The second kappa shape index (κ2) is 5.18. The summed E-state index contributed by atoms with van der Waals surface area (Å²) in [5.41, 5.74) is 7.43. The Morgan fingerprint density at radius 3 is 2.78 bits per heavy atom. The van der Waals surface area contributed by atoms with Crippen LogP contribution in [0.15, 0.2) is 18.2 Å². The first-order valence-electron chi connectivity index (χ1n) is 6.63. The normalized spacial score (nSPS) is 32.5. The monoisotopic (exact) mass is 269 g/mol. The molecule has 1 aliphatic rings. The zero-order valence-electron chi connectivity index (χ0n) is 11.0. The number of benzene rings is 1. The number of hydrogen-bond donors (Lipinski definition) is 1. The third-order valence-corrected chi connectivity index (χ3v) is 4.61. The van der Waals surface area contributed by atoms with Gasteiger partial charge in [-0.25, -0.2) is 4.39 Å². The molecule has 0 aromatic heterocycles. The molecule has 0 spiro atoms. The first-order valence-corrected chi connectivity index (χ1v) is 7.01. The van der Waals surface area contributed by atoms with E-state index in [0.717, 1.165) is 18.4 Å². The molecule has 1 fully saturated rings. The first kappa shape index (κ1) is 13.8. The molecule has 18 heavy (non-hydrogen) atoms. The van der Waals surface area contributed by atoms with Crippen LogP contribution in [-0.2, 0) is 6.42 Å². The largest absolute Gasteiger partial charge is 0.325 e. The summed E-state index contributed by atoms with van der Waals surface area (Å²) in [4.78, 5) is 0. The van der Waals surface area contributed by atoms with Crippen molar-refractivity contribution in [1.82, 2.24) is 0 Å². The Hall–Kier alpha value is -0.600. The molecular weight excluding hydrogens is 249 g/mol. The second-order valence-corrected chi connectivity index (χ2v) is 6.35. The van der Waals surface area contributed by atoms with Crippen LogP contribution in [0.5, 0.6) is 0 Å². The Kier molecular flexibility index (Phi) is 3.98. The van der Waals surface area contributed by atoms with Crippen molar-refractivity contribution in [3.05, 3.63) is 34.6 Å². The lowest BCUT2D eigenvalue weighted by Gasteiger charge is -2.42. The van der Waals surface area contributed by atoms with E-state index in [1.54, 1.807) is 12.1 Å². The Morgan fingerprint density at radius 1 is 1.39 bits per heavy atom. The summed E-state index contributed by atoms with van der Waals surface area (Å²) in [5.74, 6) is 0.802. The van der Waals surface area contributed by atoms with Crippen molar-refractivity contribution in [2.75, 3.05) is 0 Å². The van der Waals surface area contributed by atoms with Gasteiger partial charge in [0.1, 0.15) is 5.82 Å². The minimum Gasteiger partial charge on any atom is -0.325 e. The van der Waals surface area contributed by atoms with Crippen molar-refractivity contribution < 1.29 is 4.39 Å². The number of hydrogen-bond acceptors (Lipinski definition) is 1. The maximum Gasteiger partial charge on any atom is 0.141 e. The lowest BCUT2D eigenvalue weighted by atomic mass is 9.68. The van der Waals surface area contributed by atoms with Crippen LogP contribution in [0.2, 0.25) is 5.02 Å². The summed E-state index contributed by atoms with van der Waals surface area (Å²) in [6, 6.07) is 4.93. The summed E-state index contributed by atoms with van der Waals surface area (Å²) < 4.78 is 13.1. The van der Waals surface area contributed by atoms with Gasteiger partial charge in [0.25, 0.3) is 0 Å². The highest BCUT2D eigenvalue weighted by molar-refractivity contribution is 6.30. The molecule has 1 aromatic carbocycles. The fourth-order valence-electron chi connectivity index (χ4n) is 3.05. The van der Waals surface area contributed by atoms with Gasteiger partial charge in [-0.1, -0.05) is 37.9 Å². The lowest BCUT2D eigenvalue weighted by molar-refractivity contribution is 0.161. The molecule has 3 atom stereocenters. The molecule has 100 valence electrons. The van der Waals surface area contributed by atoms with Gasteiger partial charge in [0.2, 0.25) is 0 Å². The van der Waals surface area contributed by atoms with Gasteiger partial charge in [-0.05, 0) is 48.8 Å². The van der Waals surface area contributed by atoms with Crippen LogP contribution in [-0.4, -0.2) is 5.54 Å². The zero-order chi connectivity index (χ0) is 13.3. The molecule has 1 aliphatic carbocycles. The summed E-state index contributed by atoms with van der Waals surface area (Å²) in [5, 5.41) is 0.188. The van der Waals surface area contributed by atoms with Gasteiger partial charge in [-0.15, -0.1) is 0 Å². The fourth-order valence-corrected chi connectivity index (χ4v) is 3.25. The topological polar surface area (TPSA) is 26.0 Å². The van der Waals surface area contributed by atoms with E-state index in [4.69, 9.17) is 17.3 Å². The molecule has 0 amide bonds. The number of rotatable bonds is 2. The van der Waals surface area contributed by atoms with Crippen molar-refractivity contribution in [2.24, 2.45) is 17.6 Å². The molecule has 0 heterocycles. The molecule has 2 rings (SSSR count). The first-order chi connectivity index (χ1) is 8.40. The van der Waals surface area contributed by atoms with Crippen LogP contribution in [0.25, 0.3) is 0 Å². The molecule has 0 radical (unpaired) electrons. The standard InChI is InChI=1S/C15H21ClFN/c1-10-3-4-11(2)15(18,8-10)9-12-5-6-14(17)13(16)7-12/h5-7,10-11H,3-4,8-9,18H2,1-2H3. The molecule has 3 unspecified atom stereocenters. The fraction of sp³-hybridized carbons (Fsp3) is 0.600. The molecule has 0 aliphatic heterocycles. The van der Waals surface area contributed by atoms with Crippen molar-refractivity contribution in [2.45, 2.75) is 45.1 Å². The van der Waals surface area contributed by atoms with E-state index >= 15 is 0 Å². The van der Waals surface area contributed by atoms with Crippen LogP contribution in [0, 0.1) is 17.7 Å². The van der Waals surface area contributed by atoms with Crippen LogP contribution < -0.4 is 5.73 Å². The highest BCUT2D eigenvalue weighted by Crippen LogP contribution is 2.37. The van der Waals surface area contributed by atoms with Gasteiger partial charge < -0.3 is 5.73 Å². The Bertz CT molecular complexity index is 435. The van der Waals surface area contributed by atoms with E-state index in [1.807, 2.05) is 0 Å². The van der Waals surface area contributed by atoms with Gasteiger partial charge in [-0.2, -0.15) is 0 Å². The van der Waals surface area contributed by atoms with Crippen LogP contribution in [0.4, 0.5) is 4.39 Å². The van der Waals surface area contributed by atoms with E-state index in [2.05, 4.69) is 13.8 Å². The molecule has 1 aromatic rings. The van der Waals surface area contributed by atoms with Crippen molar-refractivity contribution in [3.8, 4) is 0 Å². The zero-order valence-corrected chi connectivity index (χ0v) is 11.8. The molecule has 0 saturated heterocycles. The average molecular weight is 270 g/mol. The van der Waals surface area contributed by atoms with Crippen molar-refractivity contribution in [1.29, 1.82) is 0 Å². The maximum absolute atomic E-state index is 13.1. The van der Waals surface area contributed by atoms with E-state index in [1.165, 1.54) is 18.9 Å². The van der Waals surface area contributed by atoms with E-state index in [-0.39, 0.29) is 16.4 Å². The van der Waals surface area contributed by atoms with Gasteiger partial charge in [0, 0.05) is 5.54 Å². The van der Waals surface area contributed by atoms with Gasteiger partial charge in [0.05, 0.1) is 5.02 Å². The summed E-state index contributed by atoms with van der Waals surface area (Å²) in [6.45, 7) is 4.47. The van der Waals surface area contributed by atoms with E-state index in [0.29, 0.717) is 11.8 Å². The molecular formula is C15H21ClFN. The molecule has 3 heteroatoms. The van der Waals surface area contributed by atoms with Crippen molar-refractivity contribution >= 4 is 11.6 Å². The smallest absolute Gasteiger partial charge is 0.141 e. The Balaban J connectivity index is 2.17. The summed E-state index contributed by atoms with van der Waals surface area (Å²) in [7, 11) is 0. The van der Waals surface area contributed by atoms with Crippen LogP contribution in [0.3, 0.4) is 0 Å². The third kappa shape index (κ3) is 2.86. The number of halogens is 2. The summed E-state index contributed by atoms with van der Waals surface area (Å²) in [6.07, 6.45) is 4.23. The average Bonchev–Trinajstić information content (AvgIpc) is 2.29. The predicted octanol–water partition coefficient (Wildman–Crippen LogP) is 4.18. The Labute approximate surface area is 114 Å². The quantitative estimate of drug-likeness (QED) is 0.857. The molecule has 1 saturated carbocycles. The highest BCUT2D eigenvalue weighted by atomic mass is 35.5. The Morgan fingerprint density at radius 2 is 2.11 bits per heavy atom. The van der Waals surface area contributed by atoms with E-state index in [9.17, 15) is 4.39 Å². The minimum absolute atomic E-state index is 0.182. The van der Waals surface area contributed by atoms with Gasteiger partial charge in [-0.3, -0.25) is 0 Å². The van der Waals surface area contributed by atoms with Gasteiger partial charge >= 0.3 is 0 Å². The number of nitrogens with two attached hydrogens (primary N) is 1. The predicted molar refractivity (Wildman–Crippen MR) is 74.2 cm³/mol. The molecule has 1 nitrogen and oxygen atoms in total. The summed E-state index contributed by atoms with van der Waals surface area (Å²) >= 11 is 5.83. The lowest BCUT2D eigenvalue weighted by Crippen LogP contribution is -2.51. The second-order valence-electron chi connectivity index (χ2n) is 5.95. The third-order valence-electron chi connectivity index (χ3n) is 4.32. The minimum atomic E-state index is -0.364. The SMILES string of the molecule is CC1CCC(C)C(N)(Cc2ccc(F)c(Cl)c2)C1. The van der Waals surface area contributed by atoms with Gasteiger partial charge in [0.15, 0.2) is 0 Å². The van der Waals surface area contributed by atoms with E-state index < -0.39 is 0 Å². The molecule has 2 N–H and O–H groups in total.